The average molecular weight is 259 g/mol. The van der Waals surface area contributed by atoms with E-state index in [0.29, 0.717) is 12.6 Å². The summed E-state index contributed by atoms with van der Waals surface area (Å²) in [5.41, 5.74) is 2.40. The summed E-state index contributed by atoms with van der Waals surface area (Å²) in [6, 6.07) is 8.68. The van der Waals surface area contributed by atoms with Crippen LogP contribution in [0.5, 0.6) is 0 Å². The number of carbonyl (C=O) groups is 1. The van der Waals surface area contributed by atoms with E-state index in [4.69, 9.17) is 0 Å². The number of piperazine rings is 1. The first kappa shape index (κ1) is 12.6. The van der Waals surface area contributed by atoms with Crippen molar-refractivity contribution in [3.63, 3.8) is 0 Å². The maximum absolute atomic E-state index is 12.5. The van der Waals surface area contributed by atoms with Gasteiger partial charge in [0.1, 0.15) is 0 Å². The largest absolute Gasteiger partial charge is 0.314 e. The van der Waals surface area contributed by atoms with Crippen LogP contribution in [0.15, 0.2) is 24.3 Å². The Kier molecular flexibility index (Phi) is 3.53. The number of nitrogens with zero attached hydrogens (tertiary/aromatic N) is 2. The molecule has 0 radical (unpaired) electrons. The zero-order valence-electron chi connectivity index (χ0n) is 11.4. The first-order valence-electron chi connectivity index (χ1n) is 7.09. The number of rotatable bonds is 2. The van der Waals surface area contributed by atoms with Crippen LogP contribution in [0.25, 0.3) is 0 Å². The highest BCUT2D eigenvalue weighted by Crippen LogP contribution is 2.27. The van der Waals surface area contributed by atoms with Gasteiger partial charge in [0.05, 0.1) is 6.54 Å². The van der Waals surface area contributed by atoms with Crippen LogP contribution >= 0.6 is 0 Å². The molecule has 1 fully saturated rings. The predicted octanol–water partition coefficient (Wildman–Crippen LogP) is 0.869. The molecule has 0 unspecified atom stereocenters. The summed E-state index contributed by atoms with van der Waals surface area (Å²) in [4.78, 5) is 16.7. The Morgan fingerprint density at radius 2 is 2.21 bits per heavy atom. The molecular formula is C15H21N3O. The molecule has 0 spiro atoms. The van der Waals surface area contributed by atoms with Crippen LogP contribution in [0.4, 0.5) is 5.69 Å². The number of anilines is 1. The number of benzene rings is 1. The van der Waals surface area contributed by atoms with Gasteiger partial charge in [-0.1, -0.05) is 18.2 Å². The van der Waals surface area contributed by atoms with E-state index >= 15 is 0 Å². The summed E-state index contributed by atoms with van der Waals surface area (Å²) in [7, 11) is 0. The number of nitrogens with one attached hydrogen (secondary N) is 1. The zero-order valence-corrected chi connectivity index (χ0v) is 11.4. The molecule has 0 saturated carbocycles. The Labute approximate surface area is 114 Å². The molecule has 1 aromatic rings. The molecule has 102 valence electrons. The second-order valence-electron chi connectivity index (χ2n) is 5.45. The van der Waals surface area contributed by atoms with Crippen molar-refractivity contribution in [3.8, 4) is 0 Å². The van der Waals surface area contributed by atoms with Crippen molar-refractivity contribution < 1.29 is 4.79 Å². The molecule has 0 aliphatic carbocycles. The van der Waals surface area contributed by atoms with E-state index in [1.807, 2.05) is 17.0 Å². The molecule has 1 amide bonds. The van der Waals surface area contributed by atoms with Crippen LogP contribution in [0, 0.1) is 0 Å². The smallest absolute Gasteiger partial charge is 0.241 e. The van der Waals surface area contributed by atoms with Crippen LogP contribution in [-0.4, -0.2) is 49.6 Å². The number of hydrogen-bond donors (Lipinski definition) is 1. The molecule has 0 aromatic heterocycles. The lowest BCUT2D eigenvalue weighted by Crippen LogP contribution is -2.53. The third-order valence-electron chi connectivity index (χ3n) is 4.17. The normalized spacial score (nSPS) is 23.4. The number of para-hydroxylation sites is 1. The number of carbonyl (C=O) groups excluding carboxylic acids is 1. The summed E-state index contributed by atoms with van der Waals surface area (Å²) >= 11 is 0. The van der Waals surface area contributed by atoms with E-state index in [1.165, 1.54) is 5.56 Å². The van der Waals surface area contributed by atoms with Gasteiger partial charge >= 0.3 is 0 Å². The number of amides is 1. The van der Waals surface area contributed by atoms with Crippen molar-refractivity contribution >= 4 is 11.6 Å². The van der Waals surface area contributed by atoms with Gasteiger partial charge in [-0.15, -0.1) is 0 Å². The minimum atomic E-state index is 0.235. The lowest BCUT2D eigenvalue weighted by atomic mass is 10.2. The Morgan fingerprint density at radius 1 is 1.37 bits per heavy atom. The fourth-order valence-corrected chi connectivity index (χ4v) is 2.97. The van der Waals surface area contributed by atoms with Gasteiger partial charge in [0.15, 0.2) is 0 Å². The van der Waals surface area contributed by atoms with Gasteiger partial charge in [-0.3, -0.25) is 9.69 Å². The Morgan fingerprint density at radius 3 is 3.05 bits per heavy atom. The summed E-state index contributed by atoms with van der Waals surface area (Å²) < 4.78 is 0. The van der Waals surface area contributed by atoms with E-state index in [1.54, 1.807) is 0 Å². The van der Waals surface area contributed by atoms with Gasteiger partial charge in [0, 0.05) is 37.9 Å². The lowest BCUT2D eigenvalue weighted by Gasteiger charge is -2.34. The Bertz CT molecular complexity index is 474. The highest BCUT2D eigenvalue weighted by atomic mass is 16.2. The van der Waals surface area contributed by atoms with E-state index in [2.05, 4.69) is 29.3 Å². The van der Waals surface area contributed by atoms with Gasteiger partial charge < -0.3 is 10.2 Å². The van der Waals surface area contributed by atoms with Gasteiger partial charge in [-0.05, 0) is 25.0 Å². The van der Waals surface area contributed by atoms with Crippen molar-refractivity contribution in [1.82, 2.24) is 10.2 Å². The minimum Gasteiger partial charge on any atom is -0.314 e. The average Bonchev–Trinajstić information content (AvgIpc) is 2.85. The molecular weight excluding hydrogens is 238 g/mol. The van der Waals surface area contributed by atoms with E-state index < -0.39 is 0 Å². The molecule has 19 heavy (non-hydrogen) atoms. The van der Waals surface area contributed by atoms with Gasteiger partial charge in [0.25, 0.3) is 0 Å². The second kappa shape index (κ2) is 5.31. The zero-order chi connectivity index (χ0) is 13.2. The maximum atomic E-state index is 12.5. The predicted molar refractivity (Wildman–Crippen MR) is 76.4 cm³/mol. The molecule has 4 heteroatoms. The molecule has 4 nitrogen and oxygen atoms in total. The Hall–Kier alpha value is -1.39. The monoisotopic (exact) mass is 259 g/mol. The maximum Gasteiger partial charge on any atom is 0.241 e. The molecule has 3 rings (SSSR count). The third-order valence-corrected chi connectivity index (χ3v) is 4.17. The summed E-state index contributed by atoms with van der Waals surface area (Å²) in [5.74, 6) is 0.235. The topological polar surface area (TPSA) is 35.6 Å². The van der Waals surface area contributed by atoms with Crippen molar-refractivity contribution in [3.05, 3.63) is 29.8 Å². The minimum absolute atomic E-state index is 0.235. The highest BCUT2D eigenvalue weighted by Gasteiger charge is 2.27. The number of fused-ring (bicyclic) bond motifs is 1. The van der Waals surface area contributed by atoms with E-state index in [-0.39, 0.29) is 5.91 Å². The Balaban J connectivity index is 1.68. The third kappa shape index (κ3) is 2.51. The lowest BCUT2D eigenvalue weighted by molar-refractivity contribution is -0.120. The number of hydrogen-bond acceptors (Lipinski definition) is 3. The van der Waals surface area contributed by atoms with Crippen LogP contribution in [0.1, 0.15) is 12.5 Å². The summed E-state index contributed by atoms with van der Waals surface area (Å²) in [6.07, 6.45) is 0.985. The van der Waals surface area contributed by atoms with E-state index in [0.717, 1.165) is 38.3 Å². The van der Waals surface area contributed by atoms with Gasteiger partial charge in [-0.2, -0.15) is 0 Å². The van der Waals surface area contributed by atoms with Crippen molar-refractivity contribution in [1.29, 1.82) is 0 Å². The van der Waals surface area contributed by atoms with E-state index in [9.17, 15) is 4.79 Å². The van der Waals surface area contributed by atoms with Crippen LogP contribution in [0.3, 0.4) is 0 Å². The van der Waals surface area contributed by atoms with Crippen LogP contribution < -0.4 is 10.2 Å². The summed E-state index contributed by atoms with van der Waals surface area (Å²) in [6.45, 7) is 6.47. The van der Waals surface area contributed by atoms with Gasteiger partial charge in [0.2, 0.25) is 5.91 Å². The first-order chi connectivity index (χ1) is 9.25. The molecule has 1 N–H and O–H groups in total. The van der Waals surface area contributed by atoms with Crippen molar-refractivity contribution in [2.45, 2.75) is 19.4 Å². The SMILES string of the molecule is C[C@@H]1CNCCN1CC(=O)N1CCc2ccccc21. The molecule has 2 aliphatic heterocycles. The fourth-order valence-electron chi connectivity index (χ4n) is 2.97. The molecule has 1 saturated heterocycles. The fraction of sp³-hybridized carbons (Fsp3) is 0.533. The van der Waals surface area contributed by atoms with Crippen molar-refractivity contribution in [2.24, 2.45) is 0 Å². The standard InChI is InChI=1S/C15H21N3O/c1-12-10-16-7-9-17(12)11-15(19)18-8-6-13-4-2-3-5-14(13)18/h2-5,12,16H,6-11H2,1H3/t12-/m1/s1. The molecule has 0 bridgehead atoms. The quantitative estimate of drug-likeness (QED) is 0.856. The molecule has 1 aromatic carbocycles. The first-order valence-corrected chi connectivity index (χ1v) is 7.09. The highest BCUT2D eigenvalue weighted by molar-refractivity contribution is 5.96. The van der Waals surface area contributed by atoms with Crippen molar-refractivity contribution in [2.75, 3.05) is 37.6 Å². The van der Waals surface area contributed by atoms with Crippen LogP contribution in [-0.2, 0) is 11.2 Å². The van der Waals surface area contributed by atoms with Gasteiger partial charge in [-0.25, -0.2) is 0 Å². The molecule has 2 heterocycles. The molecule has 2 aliphatic rings. The summed E-state index contributed by atoms with van der Waals surface area (Å²) in [5, 5.41) is 3.36. The van der Waals surface area contributed by atoms with Crippen LogP contribution in [0.2, 0.25) is 0 Å². The second-order valence-corrected chi connectivity index (χ2v) is 5.45. The molecule has 1 atom stereocenters.